The van der Waals surface area contributed by atoms with Crippen LogP contribution in [0.2, 0.25) is 0 Å². The molecular weight excluding hydrogens is 431 g/mol. The highest BCUT2D eigenvalue weighted by atomic mass is 35.5. The zero-order chi connectivity index (χ0) is 18.8. The van der Waals surface area contributed by atoms with Crippen molar-refractivity contribution in [1.29, 1.82) is 0 Å². The van der Waals surface area contributed by atoms with Gasteiger partial charge in [0.15, 0.2) is 5.69 Å². The summed E-state index contributed by atoms with van der Waals surface area (Å²) >= 11 is 1.73. The summed E-state index contributed by atoms with van der Waals surface area (Å²) in [6.07, 6.45) is 6.00. The number of hydrogen-bond donors (Lipinski definition) is 1. The van der Waals surface area contributed by atoms with Crippen LogP contribution in [0.3, 0.4) is 0 Å². The number of halogens is 2. The lowest BCUT2D eigenvalue weighted by molar-refractivity contribution is 0.0701. The standard InChI is InChI=1S/C19H28N6OS.2ClH/c1-13(2)17-12-27-18(21-17)14-4-3-9-24(10-14)19(26)16-11-25(23-22-16)15-5-7-20-8-6-15;;/h11-15,20H,3-10H2,1-2H3;2*1H. The van der Waals surface area contributed by atoms with Gasteiger partial charge in [-0.25, -0.2) is 9.67 Å². The van der Waals surface area contributed by atoms with Crippen molar-refractivity contribution in [3.63, 3.8) is 0 Å². The van der Waals surface area contributed by atoms with E-state index in [4.69, 9.17) is 4.98 Å². The topological polar surface area (TPSA) is 75.9 Å². The first-order valence-corrected chi connectivity index (χ1v) is 10.9. The van der Waals surface area contributed by atoms with Crippen LogP contribution in [0.5, 0.6) is 0 Å². The predicted molar refractivity (Wildman–Crippen MR) is 120 cm³/mol. The van der Waals surface area contributed by atoms with E-state index in [9.17, 15) is 4.79 Å². The lowest BCUT2D eigenvalue weighted by Crippen LogP contribution is -2.39. The van der Waals surface area contributed by atoms with Crippen LogP contribution in [0.25, 0.3) is 0 Å². The van der Waals surface area contributed by atoms with E-state index in [-0.39, 0.29) is 30.7 Å². The molecule has 10 heteroatoms. The van der Waals surface area contributed by atoms with Gasteiger partial charge in [0.1, 0.15) is 0 Å². The molecule has 2 saturated heterocycles. The van der Waals surface area contributed by atoms with Crippen LogP contribution in [0.4, 0.5) is 0 Å². The fraction of sp³-hybridized carbons (Fsp3) is 0.684. The minimum absolute atomic E-state index is 0. The molecule has 2 fully saturated rings. The number of piperidine rings is 2. The van der Waals surface area contributed by atoms with Gasteiger partial charge in [-0.15, -0.1) is 41.2 Å². The van der Waals surface area contributed by atoms with Crippen molar-refractivity contribution in [3.8, 4) is 0 Å². The normalized spacial score (nSPS) is 20.2. The molecule has 4 rings (SSSR count). The maximum Gasteiger partial charge on any atom is 0.276 e. The second-order valence-electron chi connectivity index (χ2n) is 7.92. The van der Waals surface area contributed by atoms with Gasteiger partial charge in [0.25, 0.3) is 5.91 Å². The highest BCUT2D eigenvalue weighted by Crippen LogP contribution is 2.31. The highest BCUT2D eigenvalue weighted by Gasteiger charge is 2.29. The number of carbonyl (C=O) groups is 1. The number of rotatable bonds is 4. The van der Waals surface area contributed by atoms with Crippen molar-refractivity contribution in [2.75, 3.05) is 26.2 Å². The number of likely N-dealkylation sites (tertiary alicyclic amines) is 1. The molecule has 2 aliphatic heterocycles. The quantitative estimate of drug-likeness (QED) is 0.753. The van der Waals surface area contributed by atoms with Gasteiger partial charge in [0.2, 0.25) is 0 Å². The number of hydrogen-bond acceptors (Lipinski definition) is 6. The maximum absolute atomic E-state index is 13.0. The SMILES string of the molecule is CC(C)c1csc(C2CCCN(C(=O)c3cn(C4CCNCC4)nn3)C2)n1.Cl.Cl. The summed E-state index contributed by atoms with van der Waals surface area (Å²) in [5.74, 6) is 0.779. The summed E-state index contributed by atoms with van der Waals surface area (Å²) < 4.78 is 1.88. The minimum Gasteiger partial charge on any atom is -0.337 e. The van der Waals surface area contributed by atoms with E-state index in [1.165, 1.54) is 0 Å². The molecule has 1 N–H and O–H groups in total. The summed E-state index contributed by atoms with van der Waals surface area (Å²) in [6, 6.07) is 0.346. The first-order chi connectivity index (χ1) is 13.1. The largest absolute Gasteiger partial charge is 0.337 e. The zero-order valence-corrected chi connectivity index (χ0v) is 19.4. The Morgan fingerprint density at radius 1 is 1.24 bits per heavy atom. The Kier molecular flexibility index (Phi) is 8.88. The Balaban J connectivity index is 0.00000150. The summed E-state index contributed by atoms with van der Waals surface area (Å²) in [5, 5.41) is 15.1. The smallest absolute Gasteiger partial charge is 0.276 e. The molecule has 4 heterocycles. The van der Waals surface area contributed by atoms with Gasteiger partial charge in [-0.05, 0) is 44.7 Å². The summed E-state index contributed by atoms with van der Waals surface area (Å²) in [7, 11) is 0. The number of thiazole rings is 1. The molecule has 2 aromatic heterocycles. The average molecular weight is 461 g/mol. The third kappa shape index (κ3) is 5.48. The second-order valence-corrected chi connectivity index (χ2v) is 8.81. The van der Waals surface area contributed by atoms with E-state index in [1.54, 1.807) is 11.3 Å². The summed E-state index contributed by atoms with van der Waals surface area (Å²) in [4.78, 5) is 19.7. The molecule has 2 aromatic rings. The molecule has 1 atom stereocenters. The van der Waals surface area contributed by atoms with Gasteiger partial charge in [-0.1, -0.05) is 19.1 Å². The van der Waals surface area contributed by atoms with E-state index in [1.807, 2.05) is 15.8 Å². The number of aromatic nitrogens is 4. The van der Waals surface area contributed by atoms with Gasteiger partial charge in [-0.3, -0.25) is 4.79 Å². The molecule has 162 valence electrons. The van der Waals surface area contributed by atoms with Crippen molar-refractivity contribution in [2.45, 2.75) is 57.4 Å². The first kappa shape index (κ1) is 24.1. The maximum atomic E-state index is 13.0. The lowest BCUT2D eigenvalue weighted by Gasteiger charge is -2.31. The molecule has 0 aliphatic carbocycles. The van der Waals surface area contributed by atoms with Crippen molar-refractivity contribution in [1.82, 2.24) is 30.2 Å². The van der Waals surface area contributed by atoms with Crippen LogP contribution in [-0.2, 0) is 0 Å². The molecule has 0 spiro atoms. The fourth-order valence-electron chi connectivity index (χ4n) is 3.90. The Morgan fingerprint density at radius 2 is 2.00 bits per heavy atom. The Morgan fingerprint density at radius 3 is 2.69 bits per heavy atom. The Bertz CT molecular complexity index is 789. The van der Waals surface area contributed by atoms with Crippen molar-refractivity contribution >= 4 is 42.1 Å². The molecule has 2 aliphatic rings. The number of carbonyl (C=O) groups excluding carboxylic acids is 1. The van der Waals surface area contributed by atoms with Gasteiger partial charge < -0.3 is 10.2 Å². The fourth-order valence-corrected chi connectivity index (χ4v) is 5.01. The number of nitrogens with zero attached hydrogens (tertiary/aromatic N) is 5. The minimum atomic E-state index is 0. The van der Waals surface area contributed by atoms with Crippen LogP contribution >= 0.6 is 36.2 Å². The van der Waals surface area contributed by atoms with Gasteiger partial charge in [0.05, 0.1) is 22.9 Å². The third-order valence-corrected chi connectivity index (χ3v) is 6.63. The summed E-state index contributed by atoms with van der Waals surface area (Å²) in [6.45, 7) is 7.84. The van der Waals surface area contributed by atoms with Crippen LogP contribution in [0, 0.1) is 0 Å². The zero-order valence-electron chi connectivity index (χ0n) is 16.9. The first-order valence-electron chi connectivity index (χ1n) is 9.99. The van der Waals surface area contributed by atoms with Gasteiger partial charge in [0, 0.05) is 24.4 Å². The average Bonchev–Trinajstić information content (AvgIpc) is 3.38. The monoisotopic (exact) mass is 460 g/mol. The predicted octanol–water partition coefficient (Wildman–Crippen LogP) is 3.65. The van der Waals surface area contributed by atoms with E-state index in [0.717, 1.165) is 62.6 Å². The number of amides is 1. The van der Waals surface area contributed by atoms with Gasteiger partial charge >= 0.3 is 0 Å². The molecule has 0 bridgehead atoms. The van der Waals surface area contributed by atoms with Crippen molar-refractivity contribution in [3.05, 3.63) is 28.0 Å². The van der Waals surface area contributed by atoms with Gasteiger partial charge in [-0.2, -0.15) is 0 Å². The van der Waals surface area contributed by atoms with E-state index in [0.29, 0.717) is 23.6 Å². The number of nitrogens with one attached hydrogen (secondary N) is 1. The Labute approximate surface area is 188 Å². The molecule has 29 heavy (non-hydrogen) atoms. The molecule has 0 saturated carbocycles. The van der Waals surface area contributed by atoms with E-state index in [2.05, 4.69) is 34.9 Å². The third-order valence-electron chi connectivity index (χ3n) is 5.60. The molecule has 1 amide bonds. The molecule has 1 unspecified atom stereocenters. The van der Waals surface area contributed by atoms with E-state index < -0.39 is 0 Å². The van der Waals surface area contributed by atoms with Crippen LogP contribution in [0.1, 0.15) is 78.6 Å². The molecule has 0 radical (unpaired) electrons. The molecule has 7 nitrogen and oxygen atoms in total. The van der Waals surface area contributed by atoms with Crippen molar-refractivity contribution < 1.29 is 4.79 Å². The van der Waals surface area contributed by atoms with E-state index >= 15 is 0 Å². The van der Waals surface area contributed by atoms with Crippen molar-refractivity contribution in [2.24, 2.45) is 0 Å². The second kappa shape index (κ2) is 10.7. The molecular formula is C19H30Cl2N6OS. The highest BCUT2D eigenvalue weighted by molar-refractivity contribution is 7.09. The summed E-state index contributed by atoms with van der Waals surface area (Å²) in [5.41, 5.74) is 1.62. The van der Waals surface area contributed by atoms with Crippen LogP contribution in [-0.4, -0.2) is 57.0 Å². The molecule has 0 aromatic carbocycles. The van der Waals surface area contributed by atoms with Crippen LogP contribution in [0.15, 0.2) is 11.6 Å². The Hall–Kier alpha value is -1.22. The lowest BCUT2D eigenvalue weighted by atomic mass is 9.98. The van der Waals surface area contributed by atoms with Crippen LogP contribution < -0.4 is 5.32 Å².